The van der Waals surface area contributed by atoms with Crippen LogP contribution in [0.4, 0.5) is 0 Å². The van der Waals surface area contributed by atoms with Gasteiger partial charge in [-0.3, -0.25) is 18.6 Å². The Bertz CT molecular complexity index is 1920. The number of phosphoric acid groups is 1. The summed E-state index contributed by atoms with van der Waals surface area (Å²) < 4.78 is 33.3. The fourth-order valence-corrected chi connectivity index (χ4v) is 13.1. The average Bonchev–Trinajstić information content (AvgIpc) is 2.57. The molecule has 0 bridgehead atoms. The number of unbranched alkanes of at least 4 members (excludes halogenated alkanes) is 50. The summed E-state index contributed by atoms with van der Waals surface area (Å²) in [5.74, 6) is -0.809. The third-order valence-corrected chi connectivity index (χ3v) is 19.5. The van der Waals surface area contributed by atoms with E-state index < -0.39 is 26.5 Å². The van der Waals surface area contributed by atoms with E-state index in [9.17, 15) is 19.0 Å². The lowest BCUT2D eigenvalue weighted by molar-refractivity contribution is -0.161. The first-order valence-electron chi connectivity index (χ1n) is 41.7. The zero-order chi connectivity index (χ0) is 70.0. The second kappa shape index (κ2) is 81.9. The van der Waals surface area contributed by atoms with Gasteiger partial charge in [0.15, 0.2) is 6.10 Å². The van der Waals surface area contributed by atoms with Crippen molar-refractivity contribution in [2.24, 2.45) is 5.73 Å². The predicted molar refractivity (Wildman–Crippen MR) is 422 cm³/mol. The fourth-order valence-electron chi connectivity index (χ4n) is 12.4. The predicted octanol–water partition coefficient (Wildman–Crippen LogP) is 28.2. The van der Waals surface area contributed by atoms with Gasteiger partial charge in [0.2, 0.25) is 0 Å². The standard InChI is InChI=1S/C87H158NO8P/c1-3-5-7-9-11-13-15-17-19-21-23-25-27-29-31-33-35-37-39-40-41-42-43-44-46-48-50-52-54-56-58-60-62-64-66-68-70-72-74-76-78-80-87(90)96-85(84-95-97(91,92)94-82-81-88)83-93-86(89)79-77-75-73-71-69-67-65-63-61-59-57-55-53-51-49-47-45-38-36-34-32-30-28-26-24-22-20-18-16-14-12-10-8-6-4-2/h5,7,11,13,17,19,23,25,29,31,35,37,40-41,43-44,85H,3-4,6,8-10,12,14-16,18,20-22,24,26-28,30,32-34,36,38-39,42,45-84,88H2,1-2H3,(H,91,92)/b7-5-,13-11-,19-17-,25-23-,31-29-,37-35-,41-40-,44-43-. The molecule has 0 saturated carbocycles. The van der Waals surface area contributed by atoms with Crippen LogP contribution in [-0.4, -0.2) is 49.3 Å². The summed E-state index contributed by atoms with van der Waals surface area (Å²) in [7, 11) is -4.40. The Balaban J connectivity index is 3.78. The first-order chi connectivity index (χ1) is 47.8. The van der Waals surface area contributed by atoms with Gasteiger partial charge < -0.3 is 20.1 Å². The Morgan fingerprint density at radius 3 is 0.845 bits per heavy atom. The highest BCUT2D eigenvalue weighted by Crippen LogP contribution is 2.43. The third kappa shape index (κ3) is 81.8. The molecule has 0 heterocycles. The van der Waals surface area contributed by atoms with Gasteiger partial charge in [-0.05, 0) is 77.0 Å². The summed E-state index contributed by atoms with van der Waals surface area (Å²) in [6.45, 7) is 3.70. The number of carbonyl (C=O) groups is 2. The molecule has 0 aliphatic carbocycles. The Labute approximate surface area is 601 Å². The van der Waals surface area contributed by atoms with Crippen LogP contribution in [-0.2, 0) is 32.7 Å². The van der Waals surface area contributed by atoms with Crippen molar-refractivity contribution in [3.8, 4) is 0 Å². The molecule has 0 aromatic rings. The molecule has 2 unspecified atom stereocenters. The van der Waals surface area contributed by atoms with Crippen molar-refractivity contribution in [2.45, 2.75) is 418 Å². The van der Waals surface area contributed by atoms with Crippen LogP contribution in [0.5, 0.6) is 0 Å². The zero-order valence-electron chi connectivity index (χ0n) is 63.8. The van der Waals surface area contributed by atoms with E-state index in [0.717, 1.165) is 89.9 Å². The van der Waals surface area contributed by atoms with Gasteiger partial charge >= 0.3 is 19.8 Å². The van der Waals surface area contributed by atoms with Crippen LogP contribution in [0, 0.1) is 0 Å². The van der Waals surface area contributed by atoms with Crippen LogP contribution in [0.25, 0.3) is 0 Å². The summed E-state index contributed by atoms with van der Waals surface area (Å²) in [5.41, 5.74) is 5.42. The van der Waals surface area contributed by atoms with Crippen LogP contribution >= 0.6 is 7.82 Å². The number of rotatable bonds is 79. The molecule has 0 aromatic heterocycles. The molecule has 0 aromatic carbocycles. The summed E-state index contributed by atoms with van der Waals surface area (Å²) in [5, 5.41) is 0. The number of phosphoric ester groups is 1. The summed E-state index contributed by atoms with van der Waals surface area (Å²) in [4.78, 5) is 35.5. The molecule has 0 radical (unpaired) electrons. The highest BCUT2D eigenvalue weighted by atomic mass is 31.2. The lowest BCUT2D eigenvalue weighted by Gasteiger charge is -2.19. The topological polar surface area (TPSA) is 134 Å². The molecule has 0 rings (SSSR count). The van der Waals surface area contributed by atoms with E-state index in [0.29, 0.717) is 6.42 Å². The SMILES string of the molecule is CC/C=C\C/C=C\C/C=C\C/C=C\C/C=C\C/C=C\C/C=C\C/C=C\CCCCCCCCCCCCCCCCCCC(=O)OC(COC(=O)CCCCCCCCCCCCCCCCCCCCCCCCCCCCCCCCCCCCC)COP(=O)(O)OCCN. The Morgan fingerprint density at radius 2 is 0.567 bits per heavy atom. The maximum atomic E-state index is 12.8. The minimum absolute atomic E-state index is 0.0532. The second-order valence-electron chi connectivity index (χ2n) is 28.0. The minimum atomic E-state index is -4.40. The normalized spacial score (nSPS) is 13.3. The van der Waals surface area contributed by atoms with E-state index in [2.05, 4.69) is 111 Å². The number of ether oxygens (including phenoxy) is 2. The maximum absolute atomic E-state index is 12.8. The van der Waals surface area contributed by atoms with Gasteiger partial charge in [0.25, 0.3) is 0 Å². The highest BCUT2D eigenvalue weighted by Gasteiger charge is 2.26. The Hall–Kier alpha value is -3.07. The molecule has 0 spiro atoms. The first kappa shape index (κ1) is 93.9. The van der Waals surface area contributed by atoms with Crippen molar-refractivity contribution >= 4 is 19.8 Å². The van der Waals surface area contributed by atoms with Gasteiger partial charge in [-0.25, -0.2) is 4.57 Å². The van der Waals surface area contributed by atoms with Crippen molar-refractivity contribution < 1.29 is 37.6 Å². The first-order valence-corrected chi connectivity index (χ1v) is 43.2. The maximum Gasteiger partial charge on any atom is 0.472 e. The van der Waals surface area contributed by atoms with Crippen molar-refractivity contribution in [1.82, 2.24) is 0 Å². The summed E-state index contributed by atoms with van der Waals surface area (Å²) in [6, 6.07) is 0. The summed E-state index contributed by atoms with van der Waals surface area (Å²) >= 11 is 0. The van der Waals surface area contributed by atoms with Crippen molar-refractivity contribution in [3.63, 3.8) is 0 Å². The molecule has 2 atom stereocenters. The zero-order valence-corrected chi connectivity index (χ0v) is 64.7. The summed E-state index contributed by atoms with van der Waals surface area (Å²) in [6.07, 6.45) is 113. The molecular weight excluding hydrogens is 1220 g/mol. The monoisotopic (exact) mass is 1380 g/mol. The van der Waals surface area contributed by atoms with E-state index in [4.69, 9.17) is 24.3 Å². The number of nitrogens with two attached hydrogens (primary N) is 1. The highest BCUT2D eigenvalue weighted by molar-refractivity contribution is 7.47. The van der Waals surface area contributed by atoms with Crippen molar-refractivity contribution in [1.29, 1.82) is 0 Å². The molecule has 0 fully saturated rings. The largest absolute Gasteiger partial charge is 0.472 e. The molecule has 564 valence electrons. The van der Waals surface area contributed by atoms with Gasteiger partial charge in [-0.15, -0.1) is 0 Å². The molecule has 10 heteroatoms. The molecule has 0 saturated heterocycles. The molecule has 97 heavy (non-hydrogen) atoms. The van der Waals surface area contributed by atoms with E-state index in [1.165, 1.54) is 289 Å². The number of allylic oxidation sites excluding steroid dienone is 16. The van der Waals surface area contributed by atoms with Crippen LogP contribution in [0.1, 0.15) is 412 Å². The molecule has 0 aliphatic rings. The Morgan fingerprint density at radius 1 is 0.320 bits per heavy atom. The van der Waals surface area contributed by atoms with Gasteiger partial charge in [0.05, 0.1) is 13.2 Å². The van der Waals surface area contributed by atoms with Crippen molar-refractivity contribution in [2.75, 3.05) is 26.4 Å². The molecule has 3 N–H and O–H groups in total. The van der Waals surface area contributed by atoms with E-state index >= 15 is 0 Å². The van der Waals surface area contributed by atoms with Gasteiger partial charge in [0.1, 0.15) is 6.61 Å². The molecular formula is C87H158NO8P. The van der Waals surface area contributed by atoms with Gasteiger partial charge in [0, 0.05) is 19.4 Å². The second-order valence-corrected chi connectivity index (χ2v) is 29.4. The fraction of sp³-hybridized carbons (Fsp3) is 0.793. The van der Waals surface area contributed by atoms with Crippen molar-refractivity contribution in [3.05, 3.63) is 97.2 Å². The molecule has 9 nitrogen and oxygen atoms in total. The number of hydrogen-bond donors (Lipinski definition) is 2. The van der Waals surface area contributed by atoms with E-state index in [-0.39, 0.29) is 38.6 Å². The molecule has 0 amide bonds. The lowest BCUT2D eigenvalue weighted by atomic mass is 10.0. The number of hydrogen-bond acceptors (Lipinski definition) is 8. The third-order valence-electron chi connectivity index (χ3n) is 18.5. The van der Waals surface area contributed by atoms with Crippen LogP contribution in [0.15, 0.2) is 97.2 Å². The number of esters is 2. The smallest absolute Gasteiger partial charge is 0.462 e. The minimum Gasteiger partial charge on any atom is -0.462 e. The quantitative estimate of drug-likeness (QED) is 0.0264. The van der Waals surface area contributed by atoms with Crippen LogP contribution < -0.4 is 5.73 Å². The number of carbonyl (C=O) groups excluding carboxylic acids is 2. The van der Waals surface area contributed by atoms with E-state index in [1.54, 1.807) is 0 Å². The van der Waals surface area contributed by atoms with E-state index in [1.807, 2.05) is 0 Å². The molecule has 0 aliphatic heterocycles. The van der Waals surface area contributed by atoms with Crippen LogP contribution in [0.2, 0.25) is 0 Å². The van der Waals surface area contributed by atoms with Crippen LogP contribution in [0.3, 0.4) is 0 Å². The average molecular weight is 1380 g/mol. The van der Waals surface area contributed by atoms with Gasteiger partial charge in [-0.1, -0.05) is 419 Å². The Kier molecular flexibility index (Phi) is 79.3. The van der Waals surface area contributed by atoms with Gasteiger partial charge in [-0.2, -0.15) is 0 Å². The lowest BCUT2D eigenvalue weighted by Crippen LogP contribution is -2.29.